The van der Waals surface area contributed by atoms with Crippen LogP contribution in [0.1, 0.15) is 23.6 Å². The molecule has 2 aliphatic heterocycles. The van der Waals surface area contributed by atoms with Gasteiger partial charge in [0.2, 0.25) is 0 Å². The van der Waals surface area contributed by atoms with Crippen LogP contribution in [0.3, 0.4) is 0 Å². The molecule has 0 bridgehead atoms. The third-order valence-corrected chi connectivity index (χ3v) is 5.62. The summed E-state index contributed by atoms with van der Waals surface area (Å²) in [4.78, 5) is 10.3. The molecule has 0 aromatic heterocycles. The summed E-state index contributed by atoms with van der Waals surface area (Å²) in [7, 11) is 0. The third kappa shape index (κ3) is 3.43. The Hall–Kier alpha value is -2.26. The van der Waals surface area contributed by atoms with E-state index in [1.54, 1.807) is 18.0 Å². The van der Waals surface area contributed by atoms with E-state index in [-0.39, 0.29) is 23.5 Å². The van der Waals surface area contributed by atoms with Crippen molar-refractivity contribution < 1.29 is 22.0 Å². The molecule has 1 unspecified atom stereocenters. The van der Waals surface area contributed by atoms with Crippen LogP contribution in [0.2, 0.25) is 5.02 Å². The zero-order chi connectivity index (χ0) is 21.8. The fourth-order valence-electron chi connectivity index (χ4n) is 3.49. The fourth-order valence-corrected chi connectivity index (χ4v) is 4.19. The minimum absolute atomic E-state index is 0.199. The van der Waals surface area contributed by atoms with Crippen molar-refractivity contribution in [3.8, 4) is 0 Å². The van der Waals surface area contributed by atoms with Gasteiger partial charge in [0.25, 0.3) is 0 Å². The van der Waals surface area contributed by atoms with Gasteiger partial charge in [0, 0.05) is 16.2 Å². The van der Waals surface area contributed by atoms with Crippen molar-refractivity contribution in [2.24, 2.45) is 9.98 Å². The van der Waals surface area contributed by atoms with Crippen molar-refractivity contribution in [3.63, 3.8) is 0 Å². The Labute approximate surface area is 181 Å². The van der Waals surface area contributed by atoms with E-state index in [0.717, 1.165) is 24.3 Å². The lowest BCUT2D eigenvalue weighted by molar-refractivity contribution is -0.137. The molecule has 0 spiro atoms. The van der Waals surface area contributed by atoms with E-state index >= 15 is 0 Å². The normalized spacial score (nSPS) is 18.7. The maximum Gasteiger partial charge on any atom is 0.417 e. The van der Waals surface area contributed by atoms with Crippen LogP contribution in [0.5, 0.6) is 0 Å². The summed E-state index contributed by atoms with van der Waals surface area (Å²) in [6.07, 6.45) is -3.21. The molecule has 0 radical (unpaired) electrons. The first-order chi connectivity index (χ1) is 14.1. The van der Waals surface area contributed by atoms with E-state index in [2.05, 4.69) is 25.9 Å². The number of aliphatic imine (C=N–C) groups is 2. The number of halogens is 7. The Balaban J connectivity index is 2.09. The summed E-state index contributed by atoms with van der Waals surface area (Å²) in [6.45, 7) is 1.89. The predicted molar refractivity (Wildman–Crippen MR) is 110 cm³/mol. The van der Waals surface area contributed by atoms with Crippen LogP contribution in [0.25, 0.3) is 0 Å². The van der Waals surface area contributed by atoms with Crippen molar-refractivity contribution >= 4 is 44.8 Å². The van der Waals surface area contributed by atoms with Crippen molar-refractivity contribution in [2.45, 2.75) is 19.1 Å². The minimum Gasteiger partial charge on any atom is -0.322 e. The lowest BCUT2D eigenvalue weighted by Gasteiger charge is -2.30. The smallest absolute Gasteiger partial charge is 0.322 e. The van der Waals surface area contributed by atoms with Gasteiger partial charge < -0.3 is 4.90 Å². The van der Waals surface area contributed by atoms with Gasteiger partial charge in [-0.15, -0.1) is 0 Å². The molecule has 2 heterocycles. The lowest BCUT2D eigenvalue weighted by atomic mass is 9.96. The molecule has 0 aliphatic carbocycles. The zero-order valence-electron chi connectivity index (χ0n) is 15.2. The van der Waals surface area contributed by atoms with Crippen LogP contribution >= 0.6 is 27.5 Å². The highest BCUT2D eigenvalue weighted by molar-refractivity contribution is 9.11. The van der Waals surface area contributed by atoms with E-state index in [4.69, 9.17) is 11.6 Å². The summed E-state index contributed by atoms with van der Waals surface area (Å²) >= 11 is 9.55. The van der Waals surface area contributed by atoms with Gasteiger partial charge in [0.15, 0.2) is 0 Å². The van der Waals surface area contributed by atoms with Crippen molar-refractivity contribution in [2.75, 3.05) is 11.4 Å². The maximum absolute atomic E-state index is 14.6. The number of anilines is 1. The summed E-state index contributed by atoms with van der Waals surface area (Å²) in [5.74, 6) is -1.50. The summed E-state index contributed by atoms with van der Waals surface area (Å²) in [5.41, 5.74) is -1.93. The summed E-state index contributed by atoms with van der Waals surface area (Å²) in [6, 6.07) is 4.56. The highest BCUT2D eigenvalue weighted by Gasteiger charge is 2.39. The highest BCUT2D eigenvalue weighted by atomic mass is 79.9. The van der Waals surface area contributed by atoms with Gasteiger partial charge in [-0.2, -0.15) is 13.2 Å². The summed E-state index contributed by atoms with van der Waals surface area (Å²) in [5, 5.41) is -0.680. The second-order valence-corrected chi connectivity index (χ2v) is 8.12. The molecule has 0 amide bonds. The number of amidine groups is 1. The van der Waals surface area contributed by atoms with Crippen LogP contribution in [0, 0.1) is 11.6 Å². The molecule has 0 saturated heterocycles. The van der Waals surface area contributed by atoms with Gasteiger partial charge in [0.05, 0.1) is 34.1 Å². The van der Waals surface area contributed by atoms with E-state index in [1.165, 1.54) is 6.07 Å². The number of rotatable bonds is 1. The SMILES string of the molecule is CC1N=C(c2c(F)cccc2F)c2c(ccc(C(F)(F)F)c2Cl)N2CC(Br)=CN=C12. The number of nitrogens with zero attached hydrogens (tertiary/aromatic N) is 3. The molecule has 0 N–H and O–H groups in total. The monoisotopic (exact) mass is 503 g/mol. The molecule has 10 heteroatoms. The highest BCUT2D eigenvalue weighted by Crippen LogP contribution is 2.43. The van der Waals surface area contributed by atoms with Crippen LogP contribution in [-0.4, -0.2) is 24.1 Å². The van der Waals surface area contributed by atoms with Crippen LogP contribution < -0.4 is 4.90 Å². The molecule has 1 atom stereocenters. The van der Waals surface area contributed by atoms with E-state index < -0.39 is 40.0 Å². The maximum atomic E-state index is 14.6. The molecule has 2 aromatic carbocycles. The van der Waals surface area contributed by atoms with Gasteiger partial charge in [-0.1, -0.05) is 33.6 Å². The number of alkyl halides is 3. The average Bonchev–Trinajstić information content (AvgIpc) is 2.76. The largest absolute Gasteiger partial charge is 0.417 e. The fraction of sp³-hybridized carbons (Fsp3) is 0.200. The Morgan fingerprint density at radius 2 is 1.77 bits per heavy atom. The van der Waals surface area contributed by atoms with Crippen molar-refractivity contribution in [1.29, 1.82) is 0 Å². The molecule has 2 aromatic rings. The van der Waals surface area contributed by atoms with Crippen LogP contribution in [-0.2, 0) is 6.18 Å². The van der Waals surface area contributed by atoms with Crippen molar-refractivity contribution in [1.82, 2.24) is 0 Å². The molecule has 0 saturated carbocycles. The van der Waals surface area contributed by atoms with Gasteiger partial charge in [-0.05, 0) is 31.2 Å². The van der Waals surface area contributed by atoms with E-state index in [1.807, 2.05) is 0 Å². The standard InChI is InChI=1S/C20H12BrClF5N3/c1-9-19-28-7-10(21)8-30(19)14-6-5-11(20(25,26)27)17(22)16(14)18(29-9)15-12(23)3-2-4-13(15)24/h2-7,9H,8H2,1H3. The number of fused-ring (bicyclic) bond motifs is 3. The second-order valence-electron chi connectivity index (χ2n) is 6.72. The zero-order valence-corrected chi connectivity index (χ0v) is 17.6. The number of hydrogen-bond donors (Lipinski definition) is 0. The molecular formula is C20H12BrClF5N3. The summed E-state index contributed by atoms with van der Waals surface area (Å²) < 4.78 is 70.6. The van der Waals surface area contributed by atoms with E-state index in [0.29, 0.717) is 10.3 Å². The molecule has 156 valence electrons. The topological polar surface area (TPSA) is 28.0 Å². The third-order valence-electron chi connectivity index (χ3n) is 4.77. The molecule has 0 fully saturated rings. The first kappa shape index (κ1) is 21.0. The molecule has 30 heavy (non-hydrogen) atoms. The van der Waals surface area contributed by atoms with Gasteiger partial charge in [0.1, 0.15) is 23.5 Å². The Kier molecular flexibility index (Phi) is 5.22. The predicted octanol–water partition coefficient (Wildman–Crippen LogP) is 6.33. The lowest BCUT2D eigenvalue weighted by Crippen LogP contribution is -2.39. The molecular weight excluding hydrogens is 493 g/mol. The molecule has 4 rings (SSSR count). The second kappa shape index (κ2) is 7.46. The van der Waals surface area contributed by atoms with Crippen LogP contribution in [0.4, 0.5) is 27.6 Å². The van der Waals surface area contributed by atoms with Crippen molar-refractivity contribution in [3.05, 3.63) is 74.4 Å². The Morgan fingerprint density at radius 1 is 1.10 bits per heavy atom. The van der Waals surface area contributed by atoms with Gasteiger partial charge in [-0.3, -0.25) is 4.99 Å². The first-order valence-electron chi connectivity index (χ1n) is 8.71. The Bertz CT molecular complexity index is 1120. The molecule has 2 aliphatic rings. The Morgan fingerprint density at radius 3 is 2.40 bits per heavy atom. The first-order valence-corrected chi connectivity index (χ1v) is 9.88. The molecule has 3 nitrogen and oxygen atoms in total. The number of benzene rings is 2. The average molecular weight is 505 g/mol. The minimum atomic E-state index is -4.76. The van der Waals surface area contributed by atoms with Crippen LogP contribution in [0.15, 0.2) is 51.0 Å². The number of hydrogen-bond acceptors (Lipinski definition) is 3. The van der Waals surface area contributed by atoms with Gasteiger partial charge in [-0.25, -0.2) is 13.8 Å². The van der Waals surface area contributed by atoms with Gasteiger partial charge >= 0.3 is 6.18 Å². The van der Waals surface area contributed by atoms with E-state index in [9.17, 15) is 22.0 Å². The quantitative estimate of drug-likeness (QED) is 0.417.